The molecule has 0 spiro atoms. The van der Waals surface area contributed by atoms with Crippen LogP contribution in [0.5, 0.6) is 5.88 Å². The second-order valence-corrected chi connectivity index (χ2v) is 11.3. The predicted octanol–water partition coefficient (Wildman–Crippen LogP) is 3.51. The fourth-order valence-corrected chi connectivity index (χ4v) is 5.11. The third kappa shape index (κ3) is 7.47. The summed E-state index contributed by atoms with van der Waals surface area (Å²) in [7, 11) is -2.23. The molecule has 216 valence electrons. The third-order valence-corrected chi connectivity index (χ3v) is 7.79. The van der Waals surface area contributed by atoms with E-state index in [9.17, 15) is 17.6 Å². The number of hydrogen-bond donors (Lipinski definition) is 5. The van der Waals surface area contributed by atoms with E-state index >= 15 is 0 Å². The molecule has 0 aliphatic rings. The smallest absolute Gasteiger partial charge is 0.255 e. The summed E-state index contributed by atoms with van der Waals surface area (Å²) in [6.07, 6.45) is 4.40. The van der Waals surface area contributed by atoms with Crippen LogP contribution in [0.4, 0.5) is 33.2 Å². The summed E-state index contributed by atoms with van der Waals surface area (Å²) < 4.78 is 49.3. The summed E-state index contributed by atoms with van der Waals surface area (Å²) in [6, 6.07) is 10.1. The number of anilines is 5. The Bertz CT molecular complexity index is 1650. The minimum absolute atomic E-state index is 0.0943. The van der Waals surface area contributed by atoms with Crippen LogP contribution < -0.4 is 31.6 Å². The van der Waals surface area contributed by atoms with Crippen molar-refractivity contribution in [1.29, 1.82) is 0 Å². The second kappa shape index (κ2) is 12.9. The van der Waals surface area contributed by atoms with E-state index in [4.69, 9.17) is 16.2 Å². The first-order valence-electron chi connectivity index (χ1n) is 12.2. The number of benzene rings is 2. The number of rotatable bonds is 13. The number of carbonyl (C=O) groups is 1. The molecule has 0 aliphatic carbocycles. The number of methoxy groups -OCH3 is 1. The molecule has 0 fully saturated rings. The van der Waals surface area contributed by atoms with Crippen molar-refractivity contribution in [3.05, 3.63) is 70.7 Å². The van der Waals surface area contributed by atoms with Crippen LogP contribution >= 0.6 is 15.9 Å². The van der Waals surface area contributed by atoms with E-state index in [1.165, 1.54) is 37.6 Å². The maximum Gasteiger partial charge on any atom is 0.255 e. The molecule has 16 heteroatoms. The Hall–Kier alpha value is -4.28. The number of nitrogen functional groups attached to an aromatic ring is 1. The number of nitrogens with one attached hydrogen (secondary N) is 3. The second-order valence-electron chi connectivity index (χ2n) is 8.65. The van der Waals surface area contributed by atoms with Crippen molar-refractivity contribution >= 4 is 60.7 Å². The van der Waals surface area contributed by atoms with E-state index in [2.05, 4.69) is 46.4 Å². The van der Waals surface area contributed by atoms with Gasteiger partial charge in [0.1, 0.15) is 17.3 Å². The van der Waals surface area contributed by atoms with Gasteiger partial charge in [-0.25, -0.2) is 22.5 Å². The highest BCUT2D eigenvalue weighted by Gasteiger charge is 2.17. The molecule has 1 amide bonds. The number of unbranched alkanes of at least 4 members (excludes halogenated alkanes) is 1. The molecule has 0 radical (unpaired) electrons. The van der Waals surface area contributed by atoms with Crippen molar-refractivity contribution in [2.75, 3.05) is 30.0 Å². The largest absolute Gasteiger partial charge is 0.478 e. The molecule has 0 saturated carbocycles. The van der Waals surface area contributed by atoms with Gasteiger partial charge in [0.15, 0.2) is 0 Å². The van der Waals surface area contributed by atoms with Gasteiger partial charge in [0.25, 0.3) is 11.8 Å². The number of aryl methyl sites for hydroxylation is 1. The average molecular weight is 649 g/mol. The normalized spacial score (nSPS) is 11.3. The molecule has 2 aromatic carbocycles. The molecule has 0 bridgehead atoms. The van der Waals surface area contributed by atoms with Gasteiger partial charge in [-0.2, -0.15) is 4.98 Å². The van der Waals surface area contributed by atoms with E-state index < -0.39 is 21.7 Å². The van der Waals surface area contributed by atoms with Gasteiger partial charge in [-0.1, -0.05) is 6.07 Å². The molecule has 4 aromatic rings. The SMILES string of the molecule is COc1nn(CCCCNS(=O)(=O)c2ccc(Nc3ncc(Br)c(Nc4cccc(F)c4C(N)=O)n3)cc2)cc1N. The Labute approximate surface area is 243 Å². The van der Waals surface area contributed by atoms with Gasteiger partial charge in [0.2, 0.25) is 16.0 Å². The Morgan fingerprint density at radius 3 is 2.59 bits per heavy atom. The third-order valence-electron chi connectivity index (χ3n) is 5.73. The average Bonchev–Trinajstić information content (AvgIpc) is 3.29. The van der Waals surface area contributed by atoms with E-state index in [1.54, 1.807) is 23.0 Å². The predicted molar refractivity (Wildman–Crippen MR) is 155 cm³/mol. The summed E-state index contributed by atoms with van der Waals surface area (Å²) in [6.45, 7) is 0.821. The zero-order chi connectivity index (χ0) is 29.6. The van der Waals surface area contributed by atoms with Crippen molar-refractivity contribution in [2.24, 2.45) is 5.73 Å². The van der Waals surface area contributed by atoms with Gasteiger partial charge >= 0.3 is 0 Å². The number of nitrogens with zero attached hydrogens (tertiary/aromatic N) is 4. The van der Waals surface area contributed by atoms with Crippen LogP contribution in [0.2, 0.25) is 0 Å². The lowest BCUT2D eigenvalue weighted by Crippen LogP contribution is -2.25. The highest BCUT2D eigenvalue weighted by molar-refractivity contribution is 9.10. The number of hydrogen-bond acceptors (Lipinski definition) is 10. The minimum Gasteiger partial charge on any atom is -0.478 e. The molecule has 0 unspecified atom stereocenters. The van der Waals surface area contributed by atoms with Gasteiger partial charge in [0, 0.05) is 25.0 Å². The van der Waals surface area contributed by atoms with E-state index in [-0.39, 0.29) is 34.5 Å². The number of sulfonamides is 1. The van der Waals surface area contributed by atoms with Crippen LogP contribution in [0.3, 0.4) is 0 Å². The van der Waals surface area contributed by atoms with Crippen molar-refractivity contribution in [3.8, 4) is 5.88 Å². The first-order valence-corrected chi connectivity index (χ1v) is 14.5. The lowest BCUT2D eigenvalue weighted by molar-refractivity contribution is 0.0997. The molecule has 2 aromatic heterocycles. The summed E-state index contributed by atoms with van der Waals surface area (Å²) in [5.74, 6) is -0.932. The van der Waals surface area contributed by atoms with Crippen LogP contribution in [0.1, 0.15) is 23.2 Å². The number of primary amides is 1. The van der Waals surface area contributed by atoms with E-state index in [1.807, 2.05) is 0 Å². The summed E-state index contributed by atoms with van der Waals surface area (Å²) in [5.41, 5.74) is 11.9. The Balaban J connectivity index is 1.34. The van der Waals surface area contributed by atoms with Crippen LogP contribution in [0, 0.1) is 5.82 Å². The maximum atomic E-state index is 14.1. The number of aromatic nitrogens is 4. The quantitative estimate of drug-likeness (QED) is 0.134. The lowest BCUT2D eigenvalue weighted by Gasteiger charge is -2.13. The fourth-order valence-electron chi connectivity index (χ4n) is 3.75. The summed E-state index contributed by atoms with van der Waals surface area (Å²) >= 11 is 3.32. The Kier molecular flexibility index (Phi) is 9.36. The van der Waals surface area contributed by atoms with Crippen molar-refractivity contribution in [3.63, 3.8) is 0 Å². The first kappa shape index (κ1) is 29.7. The maximum absolute atomic E-state index is 14.1. The standard InChI is InChI=1S/C25H27BrFN9O4S/c1-40-24-19(28)14-36(35-24)12-3-2-11-31-41(38,39)16-9-7-15(8-10-16)32-25-30-13-17(26)23(34-25)33-20-6-4-5-18(27)21(20)22(29)37/h4-10,13-14,31H,2-3,11-12,28H2,1H3,(H2,29,37)(H2,30,32,33,34). The van der Waals surface area contributed by atoms with Crippen molar-refractivity contribution in [2.45, 2.75) is 24.3 Å². The topological polar surface area (TPSA) is 192 Å². The fraction of sp³-hybridized carbons (Fsp3) is 0.200. The number of amides is 1. The molecule has 2 heterocycles. The van der Waals surface area contributed by atoms with Gasteiger partial charge in [-0.15, -0.1) is 5.10 Å². The molecule has 0 aliphatic heterocycles. The van der Waals surface area contributed by atoms with Gasteiger partial charge in [-0.3, -0.25) is 9.48 Å². The van der Waals surface area contributed by atoms with Crippen molar-refractivity contribution < 1.29 is 22.3 Å². The lowest BCUT2D eigenvalue weighted by atomic mass is 10.1. The summed E-state index contributed by atoms with van der Waals surface area (Å²) in [5, 5.41) is 10.0. The van der Waals surface area contributed by atoms with Crippen LogP contribution in [0.15, 0.2) is 64.2 Å². The molecule has 0 atom stereocenters. The van der Waals surface area contributed by atoms with E-state index in [0.29, 0.717) is 41.1 Å². The number of nitrogens with two attached hydrogens (primary N) is 2. The molecule has 13 nitrogen and oxygen atoms in total. The zero-order valence-corrected chi connectivity index (χ0v) is 24.2. The first-order chi connectivity index (χ1) is 19.6. The van der Waals surface area contributed by atoms with Gasteiger partial charge < -0.3 is 26.8 Å². The van der Waals surface area contributed by atoms with Gasteiger partial charge in [-0.05, 0) is 65.2 Å². The highest BCUT2D eigenvalue weighted by Crippen LogP contribution is 2.28. The van der Waals surface area contributed by atoms with Crippen LogP contribution in [0.25, 0.3) is 0 Å². The molecule has 41 heavy (non-hydrogen) atoms. The van der Waals surface area contributed by atoms with Crippen LogP contribution in [-0.4, -0.2) is 47.7 Å². The summed E-state index contributed by atoms with van der Waals surface area (Å²) in [4.78, 5) is 20.3. The zero-order valence-electron chi connectivity index (χ0n) is 21.8. The van der Waals surface area contributed by atoms with E-state index in [0.717, 1.165) is 6.07 Å². The molecular weight excluding hydrogens is 621 g/mol. The molecule has 7 N–H and O–H groups in total. The Morgan fingerprint density at radius 2 is 1.90 bits per heavy atom. The van der Waals surface area contributed by atoms with Gasteiger partial charge in [0.05, 0.1) is 33.9 Å². The number of halogens is 2. The molecular formula is C25H27BrFN9O4S. The van der Waals surface area contributed by atoms with Crippen LogP contribution in [-0.2, 0) is 16.6 Å². The van der Waals surface area contributed by atoms with Crippen molar-refractivity contribution in [1.82, 2.24) is 24.5 Å². The minimum atomic E-state index is -3.72. The molecule has 4 rings (SSSR count). The number of ether oxygens (including phenoxy) is 1. The monoisotopic (exact) mass is 647 g/mol. The number of carbonyl (C=O) groups excluding carboxylic acids is 1. The Morgan fingerprint density at radius 1 is 1.15 bits per heavy atom. The highest BCUT2D eigenvalue weighted by atomic mass is 79.9. The molecule has 0 saturated heterocycles.